The maximum atomic E-state index is 14.1. The van der Waals surface area contributed by atoms with Crippen LogP contribution in [0.4, 0.5) is 4.39 Å². The number of ether oxygens (including phenoxy) is 1. The minimum Gasteiger partial charge on any atom is -0.496 e. The topological polar surface area (TPSA) is 55.0 Å². The van der Waals surface area contributed by atoms with Gasteiger partial charge in [0.15, 0.2) is 0 Å². The van der Waals surface area contributed by atoms with E-state index < -0.39 is 5.82 Å². The highest BCUT2D eigenvalue weighted by Gasteiger charge is 2.17. The van der Waals surface area contributed by atoms with Crippen molar-refractivity contribution in [3.63, 3.8) is 0 Å². The third-order valence-electron chi connectivity index (χ3n) is 3.13. The fourth-order valence-corrected chi connectivity index (χ4v) is 2.78. The first-order valence-electron chi connectivity index (χ1n) is 6.13. The summed E-state index contributed by atoms with van der Waals surface area (Å²) in [5.74, 6) is 0.116. The van der Waals surface area contributed by atoms with Gasteiger partial charge >= 0.3 is 0 Å². The van der Waals surface area contributed by atoms with E-state index in [4.69, 9.17) is 4.74 Å². The van der Waals surface area contributed by atoms with Crippen LogP contribution in [0.5, 0.6) is 5.75 Å². The van der Waals surface area contributed by atoms with Crippen molar-refractivity contribution in [1.29, 1.82) is 0 Å². The first kappa shape index (κ1) is 13.8. The molecule has 1 heterocycles. The summed E-state index contributed by atoms with van der Waals surface area (Å²) in [6.45, 7) is 0. The molecule has 0 atom stereocenters. The summed E-state index contributed by atoms with van der Waals surface area (Å²) >= 11 is 3.29. The molecule has 1 N–H and O–H groups in total. The average Bonchev–Trinajstić information content (AvgIpc) is 2.48. The third kappa shape index (κ3) is 2.31. The van der Waals surface area contributed by atoms with Crippen LogP contribution in [0.25, 0.3) is 22.3 Å². The van der Waals surface area contributed by atoms with E-state index >= 15 is 0 Å². The molecule has 0 aliphatic carbocycles. The lowest BCUT2D eigenvalue weighted by atomic mass is 10.1. The van der Waals surface area contributed by atoms with Crippen LogP contribution in [0.15, 0.2) is 45.7 Å². The van der Waals surface area contributed by atoms with Crippen molar-refractivity contribution in [1.82, 2.24) is 9.97 Å². The molecule has 0 spiro atoms. The lowest BCUT2D eigenvalue weighted by molar-refractivity contribution is 0.411. The van der Waals surface area contributed by atoms with Crippen LogP contribution in [0.3, 0.4) is 0 Å². The Morgan fingerprint density at radius 3 is 2.76 bits per heavy atom. The normalized spacial score (nSPS) is 10.8. The molecule has 0 bridgehead atoms. The lowest BCUT2D eigenvalue weighted by Crippen LogP contribution is -2.10. The molecule has 2 aromatic carbocycles. The molecule has 1 aromatic heterocycles. The van der Waals surface area contributed by atoms with Gasteiger partial charge in [-0.2, -0.15) is 0 Å². The van der Waals surface area contributed by atoms with E-state index in [1.165, 1.54) is 19.2 Å². The summed E-state index contributed by atoms with van der Waals surface area (Å²) in [5.41, 5.74) is 0.354. The van der Waals surface area contributed by atoms with Crippen molar-refractivity contribution in [3.8, 4) is 17.1 Å². The molecule has 0 saturated carbocycles. The number of aromatic nitrogens is 2. The second kappa shape index (κ2) is 5.29. The minimum absolute atomic E-state index is 0.155. The van der Waals surface area contributed by atoms with Gasteiger partial charge in [-0.25, -0.2) is 9.37 Å². The van der Waals surface area contributed by atoms with Gasteiger partial charge < -0.3 is 9.72 Å². The van der Waals surface area contributed by atoms with Crippen molar-refractivity contribution in [2.75, 3.05) is 7.11 Å². The molecule has 0 aliphatic heterocycles. The number of aromatic amines is 1. The second-order valence-electron chi connectivity index (χ2n) is 4.37. The highest BCUT2D eigenvalue weighted by molar-refractivity contribution is 9.10. The number of para-hydroxylation sites is 1. The molecular formula is C15H10BrFN2O2. The van der Waals surface area contributed by atoms with E-state index in [1.807, 2.05) is 0 Å². The summed E-state index contributed by atoms with van der Waals surface area (Å²) in [6.07, 6.45) is 0. The highest BCUT2D eigenvalue weighted by atomic mass is 79.9. The Hall–Kier alpha value is -2.21. The Kier molecular flexibility index (Phi) is 3.47. The zero-order chi connectivity index (χ0) is 15.0. The number of hydrogen-bond acceptors (Lipinski definition) is 3. The summed E-state index contributed by atoms with van der Waals surface area (Å²) < 4.78 is 19.7. The zero-order valence-electron chi connectivity index (χ0n) is 11.0. The monoisotopic (exact) mass is 348 g/mol. The molecule has 0 saturated heterocycles. The largest absolute Gasteiger partial charge is 0.496 e. The lowest BCUT2D eigenvalue weighted by Gasteiger charge is -2.10. The molecule has 4 nitrogen and oxygen atoms in total. The Morgan fingerprint density at radius 2 is 2.00 bits per heavy atom. The van der Waals surface area contributed by atoms with Gasteiger partial charge in [-0.15, -0.1) is 0 Å². The molecule has 3 rings (SSSR count). The molecular weight excluding hydrogens is 339 g/mol. The minimum atomic E-state index is -0.499. The molecule has 0 radical (unpaired) electrons. The van der Waals surface area contributed by atoms with Crippen LogP contribution in [0.1, 0.15) is 0 Å². The standard InChI is InChI=1S/C15H10BrFN2O2/c1-21-11-7-6-9(17)12(13(11)16)14-18-10-5-3-2-4-8(10)15(20)19-14/h2-7H,1H3,(H,18,19,20). The summed E-state index contributed by atoms with van der Waals surface area (Å²) in [6, 6.07) is 9.68. The number of rotatable bonds is 2. The average molecular weight is 349 g/mol. The van der Waals surface area contributed by atoms with Crippen molar-refractivity contribution >= 4 is 26.8 Å². The van der Waals surface area contributed by atoms with Gasteiger partial charge in [0.2, 0.25) is 0 Å². The fraction of sp³-hybridized carbons (Fsp3) is 0.0667. The van der Waals surface area contributed by atoms with Gasteiger partial charge in [0.25, 0.3) is 5.56 Å². The smallest absolute Gasteiger partial charge is 0.259 e. The number of hydrogen-bond donors (Lipinski definition) is 1. The maximum Gasteiger partial charge on any atom is 0.259 e. The predicted molar refractivity (Wildman–Crippen MR) is 82.0 cm³/mol. The number of benzene rings is 2. The predicted octanol–water partition coefficient (Wildman–Crippen LogP) is 3.50. The molecule has 0 unspecified atom stereocenters. The Labute approximate surface area is 127 Å². The van der Waals surface area contributed by atoms with Crippen molar-refractivity contribution in [3.05, 3.63) is 57.0 Å². The van der Waals surface area contributed by atoms with Crippen molar-refractivity contribution in [2.24, 2.45) is 0 Å². The molecule has 106 valence electrons. The second-order valence-corrected chi connectivity index (χ2v) is 5.16. The fourth-order valence-electron chi connectivity index (χ4n) is 2.11. The number of nitrogens with zero attached hydrogens (tertiary/aromatic N) is 1. The van der Waals surface area contributed by atoms with E-state index in [-0.39, 0.29) is 16.9 Å². The third-order valence-corrected chi connectivity index (χ3v) is 3.91. The first-order chi connectivity index (χ1) is 10.1. The summed E-state index contributed by atoms with van der Waals surface area (Å²) in [5, 5.41) is 0.459. The van der Waals surface area contributed by atoms with E-state index in [0.717, 1.165) is 0 Å². The number of fused-ring (bicyclic) bond motifs is 1. The Bertz CT molecular complexity index is 892. The van der Waals surface area contributed by atoms with Crippen LogP contribution < -0.4 is 10.3 Å². The van der Waals surface area contributed by atoms with Crippen LogP contribution in [-0.4, -0.2) is 17.1 Å². The number of halogens is 2. The van der Waals surface area contributed by atoms with Gasteiger partial charge in [0, 0.05) is 0 Å². The van der Waals surface area contributed by atoms with E-state index in [0.29, 0.717) is 21.1 Å². The van der Waals surface area contributed by atoms with Crippen LogP contribution in [-0.2, 0) is 0 Å². The van der Waals surface area contributed by atoms with Crippen LogP contribution >= 0.6 is 15.9 Å². The number of H-pyrrole nitrogens is 1. The van der Waals surface area contributed by atoms with Crippen LogP contribution in [0.2, 0.25) is 0 Å². The molecule has 0 fully saturated rings. The molecule has 21 heavy (non-hydrogen) atoms. The number of methoxy groups -OCH3 is 1. The molecule has 6 heteroatoms. The maximum absolute atomic E-state index is 14.1. The van der Waals surface area contributed by atoms with Gasteiger partial charge in [-0.1, -0.05) is 12.1 Å². The zero-order valence-corrected chi connectivity index (χ0v) is 12.6. The first-order valence-corrected chi connectivity index (χ1v) is 6.92. The van der Waals surface area contributed by atoms with Crippen molar-refractivity contribution < 1.29 is 9.13 Å². The Balaban J connectivity index is 2.33. The Morgan fingerprint density at radius 1 is 1.24 bits per heavy atom. The molecule has 0 amide bonds. The highest BCUT2D eigenvalue weighted by Crippen LogP contribution is 2.36. The van der Waals surface area contributed by atoms with Gasteiger partial charge in [0.05, 0.1) is 28.0 Å². The van der Waals surface area contributed by atoms with Gasteiger partial charge in [0.1, 0.15) is 17.4 Å². The van der Waals surface area contributed by atoms with E-state index in [1.54, 1.807) is 24.3 Å². The summed E-state index contributed by atoms with van der Waals surface area (Å²) in [4.78, 5) is 19.0. The SMILES string of the molecule is COc1ccc(F)c(-c2nc3ccccc3c(=O)[nH]2)c1Br. The van der Waals surface area contributed by atoms with E-state index in [9.17, 15) is 9.18 Å². The quantitative estimate of drug-likeness (QED) is 0.771. The molecule has 0 aliphatic rings. The van der Waals surface area contributed by atoms with Gasteiger partial charge in [-0.05, 0) is 40.2 Å². The van der Waals surface area contributed by atoms with Crippen molar-refractivity contribution in [2.45, 2.75) is 0 Å². The molecule has 3 aromatic rings. The van der Waals surface area contributed by atoms with E-state index in [2.05, 4.69) is 25.9 Å². The van der Waals surface area contributed by atoms with Crippen LogP contribution in [0, 0.1) is 5.82 Å². The summed E-state index contributed by atoms with van der Waals surface area (Å²) in [7, 11) is 1.48. The number of nitrogens with one attached hydrogen (secondary N) is 1. The van der Waals surface area contributed by atoms with Gasteiger partial charge in [-0.3, -0.25) is 4.79 Å².